The lowest BCUT2D eigenvalue weighted by atomic mass is 10.1. The first kappa shape index (κ1) is 22.6. The first-order valence-corrected chi connectivity index (χ1v) is 13.3. The minimum atomic E-state index is -3.37. The van der Waals surface area contributed by atoms with Crippen LogP contribution in [0.5, 0.6) is 0 Å². The van der Waals surface area contributed by atoms with Gasteiger partial charge in [0.2, 0.25) is 16.0 Å². The Morgan fingerprint density at radius 2 is 1.84 bits per heavy atom. The largest absolute Gasteiger partial charge is 0.341 e. The van der Waals surface area contributed by atoms with Crippen molar-refractivity contribution in [3.8, 4) is 5.69 Å². The van der Waals surface area contributed by atoms with Gasteiger partial charge in [0.1, 0.15) is 0 Å². The smallest absolute Gasteiger partial charge is 0.232 e. The molecule has 1 fully saturated rings. The van der Waals surface area contributed by atoms with Gasteiger partial charge in [-0.05, 0) is 55.3 Å². The van der Waals surface area contributed by atoms with E-state index in [-0.39, 0.29) is 11.5 Å². The number of hydrogen-bond acceptors (Lipinski definition) is 7. The van der Waals surface area contributed by atoms with Crippen molar-refractivity contribution in [2.24, 2.45) is 0 Å². The van der Waals surface area contributed by atoms with Crippen LogP contribution >= 0.6 is 23.4 Å². The summed E-state index contributed by atoms with van der Waals surface area (Å²) in [7, 11) is -3.37. The van der Waals surface area contributed by atoms with Crippen LogP contribution in [0.15, 0.2) is 53.7 Å². The van der Waals surface area contributed by atoms with Crippen LogP contribution in [0.25, 0.3) is 5.69 Å². The second-order valence-electron chi connectivity index (χ2n) is 7.46. The van der Waals surface area contributed by atoms with Crippen LogP contribution in [0.1, 0.15) is 23.2 Å². The number of rotatable bonds is 8. The number of nitrogens with one attached hydrogen (secondary N) is 1. The number of halogens is 1. The Morgan fingerprint density at radius 1 is 1.12 bits per heavy atom. The van der Waals surface area contributed by atoms with Crippen molar-refractivity contribution in [1.82, 2.24) is 14.8 Å². The fraction of sp³-hybridized carbons (Fsp3) is 0.286. The predicted molar refractivity (Wildman–Crippen MR) is 128 cm³/mol. The van der Waals surface area contributed by atoms with E-state index in [2.05, 4.69) is 19.8 Å². The van der Waals surface area contributed by atoms with Crippen LogP contribution in [0.4, 0.5) is 11.6 Å². The third-order valence-corrected chi connectivity index (χ3v) is 6.68. The fourth-order valence-electron chi connectivity index (χ4n) is 3.47. The van der Waals surface area contributed by atoms with E-state index in [0.29, 0.717) is 21.4 Å². The molecule has 8 nitrogen and oxygen atoms in total. The minimum absolute atomic E-state index is 0.0933. The van der Waals surface area contributed by atoms with Crippen LogP contribution in [-0.2, 0) is 10.0 Å². The summed E-state index contributed by atoms with van der Waals surface area (Å²) >= 11 is 7.52. The molecule has 0 saturated carbocycles. The molecule has 3 aromatic rings. The van der Waals surface area contributed by atoms with E-state index in [4.69, 9.17) is 11.6 Å². The summed E-state index contributed by atoms with van der Waals surface area (Å²) in [6.07, 6.45) is 3.29. The summed E-state index contributed by atoms with van der Waals surface area (Å²) in [5.74, 6) is 0.817. The van der Waals surface area contributed by atoms with Gasteiger partial charge in [-0.2, -0.15) is 0 Å². The molecule has 1 aliphatic rings. The first-order valence-electron chi connectivity index (χ1n) is 10.0. The van der Waals surface area contributed by atoms with Crippen molar-refractivity contribution in [3.63, 3.8) is 0 Å². The zero-order valence-corrected chi connectivity index (χ0v) is 19.8. The predicted octanol–water partition coefficient (Wildman–Crippen LogP) is 3.87. The average Bonchev–Trinajstić information content (AvgIpc) is 3.41. The third-order valence-electron chi connectivity index (χ3n) is 4.91. The van der Waals surface area contributed by atoms with Crippen molar-refractivity contribution in [3.05, 3.63) is 59.1 Å². The van der Waals surface area contributed by atoms with Crippen LogP contribution in [-0.4, -0.2) is 54.1 Å². The Hall–Kier alpha value is -2.56. The van der Waals surface area contributed by atoms with Crippen LogP contribution < -0.4 is 9.62 Å². The summed E-state index contributed by atoms with van der Waals surface area (Å²) in [5.41, 5.74) is 1.74. The highest BCUT2D eigenvalue weighted by molar-refractivity contribution is 7.99. The molecule has 32 heavy (non-hydrogen) atoms. The Kier molecular flexibility index (Phi) is 6.73. The molecule has 1 N–H and O–H groups in total. The van der Waals surface area contributed by atoms with Crippen molar-refractivity contribution in [2.75, 3.05) is 34.7 Å². The van der Waals surface area contributed by atoms with E-state index in [0.717, 1.165) is 43.8 Å². The molecule has 0 bridgehead atoms. The molecule has 0 spiro atoms. The lowest BCUT2D eigenvalue weighted by molar-refractivity contribution is 0.102. The van der Waals surface area contributed by atoms with E-state index in [1.165, 1.54) is 11.8 Å². The first-order chi connectivity index (χ1) is 15.3. The molecule has 0 atom stereocenters. The summed E-state index contributed by atoms with van der Waals surface area (Å²) < 4.78 is 27.0. The third kappa shape index (κ3) is 5.43. The van der Waals surface area contributed by atoms with Gasteiger partial charge >= 0.3 is 0 Å². The molecule has 0 amide bonds. The van der Waals surface area contributed by atoms with Gasteiger partial charge in [0, 0.05) is 29.4 Å². The number of carbonyl (C=O) groups is 1. The van der Waals surface area contributed by atoms with Crippen LogP contribution in [0.2, 0.25) is 5.02 Å². The molecule has 0 radical (unpaired) electrons. The number of Topliss-reactive ketones (excluding diaryl/α,β-unsaturated/α-hetero) is 1. The molecular formula is C21H22ClN5O3S2. The molecule has 0 unspecified atom stereocenters. The van der Waals surface area contributed by atoms with E-state index in [1.54, 1.807) is 24.3 Å². The number of thioether (sulfide) groups is 1. The molecule has 0 aliphatic carbocycles. The average molecular weight is 492 g/mol. The summed E-state index contributed by atoms with van der Waals surface area (Å²) in [4.78, 5) is 14.9. The number of carbonyl (C=O) groups excluding carboxylic acids is 1. The van der Waals surface area contributed by atoms with Crippen molar-refractivity contribution >= 4 is 50.8 Å². The molecule has 1 aliphatic heterocycles. The quantitative estimate of drug-likeness (QED) is 0.377. The Labute approximate surface area is 196 Å². The van der Waals surface area contributed by atoms with E-state index >= 15 is 0 Å². The lowest BCUT2D eigenvalue weighted by Gasteiger charge is -2.18. The van der Waals surface area contributed by atoms with Gasteiger partial charge in [-0.1, -0.05) is 29.4 Å². The Balaban J connectivity index is 1.53. The molecule has 1 aromatic heterocycles. The number of hydrogen-bond donors (Lipinski definition) is 1. The van der Waals surface area contributed by atoms with Gasteiger partial charge in [0.05, 0.1) is 17.7 Å². The van der Waals surface area contributed by atoms with Gasteiger partial charge in [-0.25, -0.2) is 8.42 Å². The van der Waals surface area contributed by atoms with Crippen molar-refractivity contribution in [2.45, 2.75) is 18.0 Å². The van der Waals surface area contributed by atoms with Crippen LogP contribution in [0.3, 0.4) is 0 Å². The molecule has 11 heteroatoms. The number of sulfonamides is 1. The lowest BCUT2D eigenvalue weighted by Crippen LogP contribution is -2.22. The maximum Gasteiger partial charge on any atom is 0.232 e. The van der Waals surface area contributed by atoms with Gasteiger partial charge in [-0.3, -0.25) is 14.1 Å². The maximum absolute atomic E-state index is 12.7. The number of aromatic nitrogens is 3. The second kappa shape index (κ2) is 9.51. The molecule has 168 valence electrons. The normalized spacial score (nSPS) is 14.0. The summed E-state index contributed by atoms with van der Waals surface area (Å²) in [6.45, 7) is 1.83. The highest BCUT2D eigenvalue weighted by atomic mass is 35.5. The number of nitrogens with zero attached hydrogens (tertiary/aromatic N) is 4. The minimum Gasteiger partial charge on any atom is -0.341 e. The number of benzene rings is 2. The van der Waals surface area contributed by atoms with Crippen molar-refractivity contribution in [1.29, 1.82) is 0 Å². The highest BCUT2D eigenvalue weighted by Crippen LogP contribution is 2.30. The maximum atomic E-state index is 12.7. The van der Waals surface area contributed by atoms with Gasteiger partial charge < -0.3 is 4.90 Å². The fourth-order valence-corrected chi connectivity index (χ4v) is 5.06. The van der Waals surface area contributed by atoms with E-state index < -0.39 is 10.0 Å². The number of ketones is 1. The second-order valence-corrected chi connectivity index (χ2v) is 10.6. The molecule has 2 aromatic carbocycles. The molecule has 1 saturated heterocycles. The Bertz CT molecular complexity index is 1220. The standard InChI is InChI=1S/C21H22ClN5O3S2/c1-32(29,30)25-17-9-7-15(8-10-17)19(28)14-31-21-24-23-20(26-11-2-3-12-26)27(21)18-6-4-5-16(22)13-18/h4-10,13,25H,2-3,11-12,14H2,1H3. The topological polar surface area (TPSA) is 97.2 Å². The van der Waals surface area contributed by atoms with Gasteiger partial charge in [0.25, 0.3) is 0 Å². The SMILES string of the molecule is CS(=O)(=O)Nc1ccc(C(=O)CSc2nnc(N3CCCC3)n2-c2cccc(Cl)c2)cc1. The zero-order valence-electron chi connectivity index (χ0n) is 17.4. The Morgan fingerprint density at radius 3 is 2.50 bits per heavy atom. The monoisotopic (exact) mass is 491 g/mol. The van der Waals surface area contributed by atoms with Crippen molar-refractivity contribution < 1.29 is 13.2 Å². The van der Waals surface area contributed by atoms with Gasteiger partial charge in [-0.15, -0.1) is 10.2 Å². The molecule has 2 heterocycles. The van der Waals surface area contributed by atoms with Crippen LogP contribution in [0, 0.1) is 0 Å². The van der Waals surface area contributed by atoms with E-state index in [9.17, 15) is 13.2 Å². The molecular weight excluding hydrogens is 470 g/mol. The summed E-state index contributed by atoms with van der Waals surface area (Å²) in [6, 6.07) is 13.8. The van der Waals surface area contributed by atoms with E-state index in [1.807, 2.05) is 28.8 Å². The number of anilines is 2. The molecule has 4 rings (SSSR count). The zero-order chi connectivity index (χ0) is 22.7. The van der Waals surface area contributed by atoms with Gasteiger partial charge in [0.15, 0.2) is 10.9 Å². The summed E-state index contributed by atoms with van der Waals surface area (Å²) in [5, 5.41) is 9.97. The highest BCUT2D eigenvalue weighted by Gasteiger charge is 2.23.